The zero-order valence-corrected chi connectivity index (χ0v) is 10.8. The lowest BCUT2D eigenvalue weighted by molar-refractivity contribution is -0.0153. The van der Waals surface area contributed by atoms with Gasteiger partial charge in [-0.1, -0.05) is 6.07 Å². The largest absolute Gasteiger partial charge is 0.486 e. The van der Waals surface area contributed by atoms with Gasteiger partial charge in [0.05, 0.1) is 6.10 Å². The Hall–Kier alpha value is -1.06. The Bertz CT molecular complexity index is 378. The molecule has 0 radical (unpaired) electrons. The van der Waals surface area contributed by atoms with Crippen molar-refractivity contribution in [3.63, 3.8) is 0 Å². The molecule has 0 bridgehead atoms. The van der Waals surface area contributed by atoms with E-state index >= 15 is 0 Å². The Morgan fingerprint density at radius 3 is 2.71 bits per heavy atom. The fraction of sp³-hybridized carbons (Fsp3) is 0.571. The summed E-state index contributed by atoms with van der Waals surface area (Å²) in [6, 6.07) is 6.23. The number of benzene rings is 1. The van der Waals surface area contributed by atoms with E-state index in [0.717, 1.165) is 25.3 Å². The molecule has 1 N–H and O–H groups in total. The number of hydrogen-bond acceptors (Lipinski definition) is 3. The van der Waals surface area contributed by atoms with Crippen LogP contribution < -0.4 is 10.1 Å². The third kappa shape index (κ3) is 2.99. The van der Waals surface area contributed by atoms with Gasteiger partial charge in [-0.05, 0) is 50.1 Å². The third-order valence-corrected chi connectivity index (χ3v) is 3.43. The van der Waals surface area contributed by atoms with Gasteiger partial charge >= 0.3 is 0 Å². The fourth-order valence-electron chi connectivity index (χ4n) is 2.16. The number of piperidine rings is 1. The van der Waals surface area contributed by atoms with Gasteiger partial charge < -0.3 is 14.8 Å². The van der Waals surface area contributed by atoms with Crippen LogP contribution in [0.2, 0.25) is 0 Å². The smallest absolute Gasteiger partial charge is 0.137 e. The van der Waals surface area contributed by atoms with Gasteiger partial charge in [0.25, 0.3) is 0 Å². The fourth-order valence-corrected chi connectivity index (χ4v) is 2.16. The lowest BCUT2D eigenvalue weighted by Gasteiger charge is -2.31. The maximum atomic E-state index is 6.01. The molecular formula is C14H21NO2. The summed E-state index contributed by atoms with van der Waals surface area (Å²) < 4.78 is 11.5. The van der Waals surface area contributed by atoms with E-state index < -0.39 is 0 Å². The van der Waals surface area contributed by atoms with Crippen LogP contribution in [0, 0.1) is 13.8 Å². The van der Waals surface area contributed by atoms with Crippen molar-refractivity contribution >= 4 is 0 Å². The molecule has 1 fully saturated rings. The monoisotopic (exact) mass is 235 g/mol. The zero-order chi connectivity index (χ0) is 12.3. The van der Waals surface area contributed by atoms with E-state index in [9.17, 15) is 0 Å². The lowest BCUT2D eigenvalue weighted by atomic mass is 10.1. The minimum atomic E-state index is 0.107. The van der Waals surface area contributed by atoms with Crippen LogP contribution in [0.25, 0.3) is 0 Å². The normalized spacial score (nSPS) is 24.6. The highest BCUT2D eigenvalue weighted by atomic mass is 16.5. The van der Waals surface area contributed by atoms with Gasteiger partial charge in [0.15, 0.2) is 0 Å². The molecule has 1 aliphatic heterocycles. The molecule has 17 heavy (non-hydrogen) atoms. The zero-order valence-electron chi connectivity index (χ0n) is 10.8. The van der Waals surface area contributed by atoms with E-state index in [4.69, 9.17) is 9.47 Å². The van der Waals surface area contributed by atoms with Crippen molar-refractivity contribution in [1.82, 2.24) is 5.32 Å². The standard InChI is InChI=1S/C14H21NO2/c1-10-4-5-12(8-11(10)2)17-14-9-15-7-6-13(14)16-3/h4-5,8,13-15H,6-7,9H2,1-3H3. The first-order valence-electron chi connectivity index (χ1n) is 6.18. The predicted molar refractivity (Wildman–Crippen MR) is 68.6 cm³/mol. The molecule has 3 heteroatoms. The first-order valence-corrected chi connectivity index (χ1v) is 6.18. The van der Waals surface area contributed by atoms with Crippen LogP contribution in [-0.4, -0.2) is 32.4 Å². The molecule has 0 spiro atoms. The van der Waals surface area contributed by atoms with Crippen LogP contribution >= 0.6 is 0 Å². The molecule has 0 aliphatic carbocycles. The van der Waals surface area contributed by atoms with Gasteiger partial charge in [0.2, 0.25) is 0 Å². The van der Waals surface area contributed by atoms with Crippen molar-refractivity contribution in [2.45, 2.75) is 32.5 Å². The molecule has 2 unspecified atom stereocenters. The molecule has 0 aromatic heterocycles. The molecular weight excluding hydrogens is 214 g/mol. The summed E-state index contributed by atoms with van der Waals surface area (Å²) in [5.74, 6) is 0.934. The summed E-state index contributed by atoms with van der Waals surface area (Å²) in [6.07, 6.45) is 1.31. The Labute approximate surface area is 103 Å². The number of ether oxygens (including phenoxy) is 2. The molecule has 1 heterocycles. The highest BCUT2D eigenvalue weighted by molar-refractivity contribution is 5.34. The molecule has 1 aliphatic rings. The number of methoxy groups -OCH3 is 1. The first kappa shape index (κ1) is 12.4. The maximum Gasteiger partial charge on any atom is 0.137 e. The van der Waals surface area contributed by atoms with E-state index in [2.05, 4.69) is 31.3 Å². The van der Waals surface area contributed by atoms with Crippen molar-refractivity contribution in [2.75, 3.05) is 20.2 Å². The summed E-state index contributed by atoms with van der Waals surface area (Å²) in [5, 5.41) is 3.34. The van der Waals surface area contributed by atoms with Crippen molar-refractivity contribution in [3.05, 3.63) is 29.3 Å². The number of rotatable bonds is 3. The van der Waals surface area contributed by atoms with Gasteiger partial charge in [-0.25, -0.2) is 0 Å². The van der Waals surface area contributed by atoms with Crippen LogP contribution in [0.5, 0.6) is 5.75 Å². The Balaban J connectivity index is 2.05. The second-order valence-electron chi connectivity index (χ2n) is 4.67. The number of aryl methyl sites for hydroxylation is 2. The van der Waals surface area contributed by atoms with E-state index in [1.807, 2.05) is 6.07 Å². The van der Waals surface area contributed by atoms with Crippen LogP contribution in [-0.2, 0) is 4.74 Å². The second-order valence-corrected chi connectivity index (χ2v) is 4.67. The topological polar surface area (TPSA) is 30.5 Å². The summed E-state index contributed by atoms with van der Waals surface area (Å²) in [5.41, 5.74) is 2.56. The molecule has 1 aromatic rings. The van der Waals surface area contributed by atoms with E-state index in [1.165, 1.54) is 11.1 Å². The highest BCUT2D eigenvalue weighted by Gasteiger charge is 2.26. The molecule has 1 aromatic carbocycles. The van der Waals surface area contributed by atoms with Crippen LogP contribution in [0.3, 0.4) is 0 Å². The predicted octanol–water partition coefficient (Wildman–Crippen LogP) is 2.06. The third-order valence-electron chi connectivity index (χ3n) is 3.43. The molecule has 2 atom stereocenters. The minimum absolute atomic E-state index is 0.107. The van der Waals surface area contributed by atoms with Gasteiger partial charge in [-0.3, -0.25) is 0 Å². The van der Waals surface area contributed by atoms with Crippen molar-refractivity contribution in [2.24, 2.45) is 0 Å². The highest BCUT2D eigenvalue weighted by Crippen LogP contribution is 2.20. The van der Waals surface area contributed by atoms with E-state index in [1.54, 1.807) is 7.11 Å². The average Bonchev–Trinajstić information content (AvgIpc) is 2.34. The summed E-state index contributed by atoms with van der Waals surface area (Å²) >= 11 is 0. The Morgan fingerprint density at radius 2 is 2.00 bits per heavy atom. The molecule has 0 saturated carbocycles. The lowest BCUT2D eigenvalue weighted by Crippen LogP contribution is -2.48. The minimum Gasteiger partial charge on any atom is -0.486 e. The molecule has 0 amide bonds. The molecule has 94 valence electrons. The first-order chi connectivity index (χ1) is 8.20. The summed E-state index contributed by atoms with van der Waals surface area (Å²) in [4.78, 5) is 0. The van der Waals surface area contributed by atoms with Crippen LogP contribution in [0.4, 0.5) is 0 Å². The molecule has 2 rings (SSSR count). The van der Waals surface area contributed by atoms with Crippen molar-refractivity contribution in [1.29, 1.82) is 0 Å². The van der Waals surface area contributed by atoms with Crippen molar-refractivity contribution in [3.8, 4) is 5.75 Å². The van der Waals surface area contributed by atoms with Gasteiger partial charge in [-0.2, -0.15) is 0 Å². The van der Waals surface area contributed by atoms with Crippen LogP contribution in [0.15, 0.2) is 18.2 Å². The Morgan fingerprint density at radius 1 is 1.18 bits per heavy atom. The van der Waals surface area contributed by atoms with Crippen molar-refractivity contribution < 1.29 is 9.47 Å². The maximum absolute atomic E-state index is 6.01. The average molecular weight is 235 g/mol. The Kier molecular flexibility index (Phi) is 4.02. The van der Waals surface area contributed by atoms with Gasteiger partial charge in [-0.15, -0.1) is 0 Å². The van der Waals surface area contributed by atoms with E-state index in [0.29, 0.717) is 0 Å². The molecule has 1 saturated heterocycles. The summed E-state index contributed by atoms with van der Waals surface area (Å²) in [7, 11) is 1.76. The van der Waals surface area contributed by atoms with Gasteiger partial charge in [0, 0.05) is 13.7 Å². The summed E-state index contributed by atoms with van der Waals surface area (Å²) in [6.45, 7) is 6.07. The van der Waals surface area contributed by atoms with E-state index in [-0.39, 0.29) is 12.2 Å². The number of nitrogens with one attached hydrogen (secondary N) is 1. The number of hydrogen-bond donors (Lipinski definition) is 1. The van der Waals surface area contributed by atoms with Crippen LogP contribution in [0.1, 0.15) is 17.5 Å². The SMILES string of the molecule is COC1CCNCC1Oc1ccc(C)c(C)c1. The van der Waals surface area contributed by atoms with Gasteiger partial charge in [0.1, 0.15) is 11.9 Å². The quantitative estimate of drug-likeness (QED) is 0.870. The molecule has 3 nitrogen and oxygen atoms in total. The second kappa shape index (κ2) is 5.52.